The zero-order valence-corrected chi connectivity index (χ0v) is 19.4. The number of nitrogens with two attached hydrogens (primary N) is 1. The quantitative estimate of drug-likeness (QED) is 0.357. The predicted octanol–water partition coefficient (Wildman–Crippen LogP) is 4.59. The summed E-state index contributed by atoms with van der Waals surface area (Å²) >= 11 is 0. The van der Waals surface area contributed by atoms with Crippen LogP contribution in [0.4, 0.5) is 0 Å². The SMILES string of the molecule is CC.CCOC(=O)C1CCCC1NC(=O)CC1=C(N(N)C2CCCCC2)CCCC1. The number of carbonyl (C=O) groups is 2. The van der Waals surface area contributed by atoms with Gasteiger partial charge in [-0.1, -0.05) is 39.5 Å². The highest BCUT2D eigenvalue weighted by Crippen LogP contribution is 2.33. The fourth-order valence-electron chi connectivity index (χ4n) is 5.15. The molecule has 0 saturated heterocycles. The second-order valence-electron chi connectivity index (χ2n) is 8.60. The molecule has 0 radical (unpaired) electrons. The van der Waals surface area contributed by atoms with Crippen molar-refractivity contribution in [3.05, 3.63) is 11.3 Å². The number of hydrogen-bond donors (Lipinski definition) is 2. The number of nitrogens with one attached hydrogen (secondary N) is 1. The Morgan fingerprint density at radius 3 is 2.40 bits per heavy atom. The zero-order valence-electron chi connectivity index (χ0n) is 19.4. The summed E-state index contributed by atoms with van der Waals surface area (Å²) in [4.78, 5) is 24.9. The number of rotatable bonds is 7. The molecule has 0 heterocycles. The van der Waals surface area contributed by atoms with Gasteiger partial charge in [-0.25, -0.2) is 5.84 Å². The minimum absolute atomic E-state index is 0.0210. The van der Waals surface area contributed by atoms with Gasteiger partial charge in [-0.2, -0.15) is 0 Å². The van der Waals surface area contributed by atoms with Crippen LogP contribution in [-0.4, -0.2) is 35.6 Å². The standard InChI is InChI=1S/C22H37N3O3.C2H6/c1-2-28-22(27)18-12-8-13-19(18)24-21(26)15-16-9-6-7-14-20(16)25(23)17-10-4-3-5-11-17;1-2/h17-19H,2-15,23H2,1H3,(H,24,26);1-2H3. The van der Waals surface area contributed by atoms with Gasteiger partial charge < -0.3 is 15.1 Å². The Morgan fingerprint density at radius 1 is 1.00 bits per heavy atom. The average molecular weight is 422 g/mol. The molecular formula is C24H43N3O3. The van der Waals surface area contributed by atoms with Crippen LogP contribution in [0.3, 0.4) is 0 Å². The van der Waals surface area contributed by atoms with E-state index in [2.05, 4.69) is 5.32 Å². The monoisotopic (exact) mass is 421 g/mol. The molecule has 0 bridgehead atoms. The van der Waals surface area contributed by atoms with Gasteiger partial charge in [0, 0.05) is 24.2 Å². The van der Waals surface area contributed by atoms with Gasteiger partial charge in [-0.3, -0.25) is 9.59 Å². The van der Waals surface area contributed by atoms with E-state index in [4.69, 9.17) is 10.6 Å². The Balaban J connectivity index is 0.00000155. The highest BCUT2D eigenvalue weighted by molar-refractivity contribution is 5.81. The molecule has 2 atom stereocenters. The Hall–Kier alpha value is -1.56. The Labute approximate surface area is 182 Å². The van der Waals surface area contributed by atoms with Gasteiger partial charge in [0.15, 0.2) is 0 Å². The molecule has 0 aromatic rings. The van der Waals surface area contributed by atoms with Gasteiger partial charge in [-0.15, -0.1) is 0 Å². The molecule has 30 heavy (non-hydrogen) atoms. The second-order valence-corrected chi connectivity index (χ2v) is 8.60. The second kappa shape index (κ2) is 13.0. The maximum Gasteiger partial charge on any atom is 0.311 e. The molecule has 0 spiro atoms. The normalized spacial score (nSPS) is 24.7. The molecule has 2 fully saturated rings. The third-order valence-corrected chi connectivity index (χ3v) is 6.66. The average Bonchev–Trinajstić information content (AvgIpc) is 3.24. The van der Waals surface area contributed by atoms with Crippen LogP contribution >= 0.6 is 0 Å². The molecule has 3 rings (SSSR count). The lowest BCUT2D eigenvalue weighted by molar-refractivity contribution is -0.148. The lowest BCUT2D eigenvalue weighted by Gasteiger charge is -2.37. The van der Waals surface area contributed by atoms with E-state index in [1.807, 2.05) is 25.8 Å². The third kappa shape index (κ3) is 6.73. The topological polar surface area (TPSA) is 84.7 Å². The van der Waals surface area contributed by atoms with E-state index >= 15 is 0 Å². The number of carbonyl (C=O) groups excluding carboxylic acids is 2. The van der Waals surface area contributed by atoms with Gasteiger partial charge >= 0.3 is 5.97 Å². The summed E-state index contributed by atoms with van der Waals surface area (Å²) in [7, 11) is 0. The minimum Gasteiger partial charge on any atom is -0.466 e. The first-order valence-corrected chi connectivity index (χ1v) is 12.3. The van der Waals surface area contributed by atoms with Crippen molar-refractivity contribution in [1.29, 1.82) is 0 Å². The first-order chi connectivity index (χ1) is 14.6. The predicted molar refractivity (Wildman–Crippen MR) is 120 cm³/mol. The summed E-state index contributed by atoms with van der Waals surface area (Å²) in [6.45, 7) is 6.21. The van der Waals surface area contributed by atoms with Crippen LogP contribution in [-0.2, 0) is 14.3 Å². The van der Waals surface area contributed by atoms with Crippen molar-refractivity contribution < 1.29 is 14.3 Å². The number of ether oxygens (including phenoxy) is 1. The number of nitrogens with zero attached hydrogens (tertiary/aromatic N) is 1. The molecule has 172 valence electrons. The van der Waals surface area contributed by atoms with Crippen molar-refractivity contribution in [3.63, 3.8) is 0 Å². The van der Waals surface area contributed by atoms with Crippen LogP contribution in [0.15, 0.2) is 11.3 Å². The van der Waals surface area contributed by atoms with Crippen molar-refractivity contribution in [2.24, 2.45) is 11.8 Å². The maximum atomic E-state index is 12.8. The van der Waals surface area contributed by atoms with Crippen molar-refractivity contribution in [1.82, 2.24) is 10.3 Å². The summed E-state index contributed by atoms with van der Waals surface area (Å²) in [5, 5.41) is 5.12. The highest BCUT2D eigenvalue weighted by atomic mass is 16.5. The molecule has 2 unspecified atom stereocenters. The Morgan fingerprint density at radius 2 is 1.70 bits per heavy atom. The number of esters is 1. The summed E-state index contributed by atoms with van der Waals surface area (Å²) in [6, 6.07) is 0.328. The Bertz CT molecular complexity index is 584. The first-order valence-electron chi connectivity index (χ1n) is 12.3. The molecule has 3 aliphatic rings. The number of hydrogen-bond acceptors (Lipinski definition) is 5. The molecule has 1 amide bonds. The van der Waals surface area contributed by atoms with E-state index < -0.39 is 0 Å². The molecule has 0 aromatic carbocycles. The van der Waals surface area contributed by atoms with Gasteiger partial charge in [0.1, 0.15) is 0 Å². The molecule has 6 nitrogen and oxygen atoms in total. The highest BCUT2D eigenvalue weighted by Gasteiger charge is 2.35. The van der Waals surface area contributed by atoms with Gasteiger partial charge in [0.25, 0.3) is 0 Å². The molecule has 3 aliphatic carbocycles. The molecule has 6 heteroatoms. The van der Waals surface area contributed by atoms with Crippen LogP contribution in [0.25, 0.3) is 0 Å². The lowest BCUT2D eigenvalue weighted by atomic mass is 9.90. The van der Waals surface area contributed by atoms with E-state index in [-0.39, 0.29) is 23.8 Å². The van der Waals surface area contributed by atoms with E-state index in [0.29, 0.717) is 19.1 Å². The van der Waals surface area contributed by atoms with Crippen LogP contribution in [0.1, 0.15) is 104 Å². The van der Waals surface area contributed by atoms with Crippen LogP contribution in [0, 0.1) is 5.92 Å². The van der Waals surface area contributed by atoms with E-state index in [9.17, 15) is 9.59 Å². The number of allylic oxidation sites excluding steroid dienone is 1. The number of amides is 1. The fraction of sp³-hybridized carbons (Fsp3) is 0.833. The zero-order chi connectivity index (χ0) is 21.9. The summed E-state index contributed by atoms with van der Waals surface area (Å²) in [6.07, 6.45) is 13.3. The van der Waals surface area contributed by atoms with Crippen LogP contribution in [0.5, 0.6) is 0 Å². The first kappa shape index (κ1) is 24.7. The molecule has 0 aromatic heterocycles. The van der Waals surface area contributed by atoms with Gasteiger partial charge in [-0.05, 0) is 63.9 Å². The van der Waals surface area contributed by atoms with Crippen LogP contribution in [0.2, 0.25) is 0 Å². The molecule has 2 saturated carbocycles. The smallest absolute Gasteiger partial charge is 0.311 e. The lowest BCUT2D eigenvalue weighted by Crippen LogP contribution is -2.43. The minimum atomic E-state index is -0.197. The molecule has 0 aliphatic heterocycles. The van der Waals surface area contributed by atoms with E-state index in [1.54, 1.807) is 0 Å². The van der Waals surface area contributed by atoms with Crippen molar-refractivity contribution >= 4 is 11.9 Å². The maximum absolute atomic E-state index is 12.8. The third-order valence-electron chi connectivity index (χ3n) is 6.66. The van der Waals surface area contributed by atoms with E-state index in [1.165, 1.54) is 30.5 Å². The summed E-state index contributed by atoms with van der Waals surface area (Å²) < 4.78 is 5.18. The summed E-state index contributed by atoms with van der Waals surface area (Å²) in [5.74, 6) is 6.18. The molecule has 3 N–H and O–H groups in total. The largest absolute Gasteiger partial charge is 0.466 e. The van der Waals surface area contributed by atoms with Crippen molar-refractivity contribution in [2.75, 3.05) is 6.61 Å². The van der Waals surface area contributed by atoms with Crippen molar-refractivity contribution in [3.8, 4) is 0 Å². The van der Waals surface area contributed by atoms with Crippen LogP contribution < -0.4 is 11.2 Å². The van der Waals surface area contributed by atoms with Gasteiger partial charge in [0.05, 0.1) is 12.5 Å². The summed E-state index contributed by atoms with van der Waals surface area (Å²) in [5.41, 5.74) is 2.39. The van der Waals surface area contributed by atoms with Crippen molar-refractivity contribution in [2.45, 2.75) is 116 Å². The Kier molecular flexibility index (Phi) is 10.7. The molecular weight excluding hydrogens is 378 g/mol. The number of hydrazine groups is 1. The van der Waals surface area contributed by atoms with E-state index in [0.717, 1.165) is 57.8 Å². The van der Waals surface area contributed by atoms with Gasteiger partial charge in [0.2, 0.25) is 5.91 Å². The fourth-order valence-corrected chi connectivity index (χ4v) is 5.15.